The molecule has 1 N–H and O–H groups in total. The summed E-state index contributed by atoms with van der Waals surface area (Å²) in [5.74, 6) is -0.525. The number of ether oxygens (including phenoxy) is 1. The molecule has 1 aromatic rings. The van der Waals surface area contributed by atoms with Gasteiger partial charge in [-0.15, -0.1) is 11.8 Å². The smallest absolute Gasteiger partial charge is 0.337 e. The average Bonchev–Trinajstić information content (AvgIpc) is 2.16. The molecule has 1 aromatic heterocycles. The molecule has 0 fully saturated rings. The predicted molar refractivity (Wildman–Crippen MR) is 49.5 cm³/mol. The number of pyridine rings is 1. The summed E-state index contributed by atoms with van der Waals surface area (Å²) >= 11 is 1.40. The second kappa shape index (κ2) is 4.13. The van der Waals surface area contributed by atoms with Gasteiger partial charge in [0, 0.05) is 6.20 Å². The summed E-state index contributed by atoms with van der Waals surface area (Å²) in [4.78, 5) is 15.2. The summed E-state index contributed by atoms with van der Waals surface area (Å²) < 4.78 is 4.95. The molecule has 1 rings (SSSR count). The minimum Gasteiger partial charge on any atom is -0.480 e. The molecule has 0 aliphatic heterocycles. The van der Waals surface area contributed by atoms with Gasteiger partial charge in [-0.2, -0.15) is 0 Å². The highest BCUT2D eigenvalue weighted by Gasteiger charge is 2.08. The molecule has 1 heterocycles. The Morgan fingerprint density at radius 1 is 1.69 bits per heavy atom. The van der Waals surface area contributed by atoms with Gasteiger partial charge in [0.1, 0.15) is 0 Å². The Morgan fingerprint density at radius 3 is 2.85 bits per heavy atom. The highest BCUT2D eigenvalue weighted by molar-refractivity contribution is 7.98. The summed E-state index contributed by atoms with van der Waals surface area (Å²) in [6.07, 6.45) is 3.12. The van der Waals surface area contributed by atoms with E-state index in [4.69, 9.17) is 9.84 Å². The summed E-state index contributed by atoms with van der Waals surface area (Å²) in [7, 11) is 1.50. The fourth-order valence-corrected chi connectivity index (χ4v) is 1.40. The number of carbonyl (C=O) groups is 1. The molecule has 0 unspecified atom stereocenters. The van der Waals surface area contributed by atoms with Crippen LogP contribution in [0.15, 0.2) is 17.2 Å². The molecule has 13 heavy (non-hydrogen) atoms. The van der Waals surface area contributed by atoms with Crippen LogP contribution in [-0.4, -0.2) is 29.4 Å². The van der Waals surface area contributed by atoms with Crippen LogP contribution in [-0.2, 0) is 0 Å². The maximum absolute atomic E-state index is 10.6. The predicted octanol–water partition coefficient (Wildman–Crippen LogP) is 1.51. The van der Waals surface area contributed by atoms with Crippen molar-refractivity contribution >= 4 is 17.7 Å². The molecule has 0 aliphatic rings. The lowest BCUT2D eigenvalue weighted by Gasteiger charge is -2.04. The minimum atomic E-state index is -0.981. The Kier molecular flexibility index (Phi) is 3.13. The number of hydrogen-bond acceptors (Lipinski definition) is 4. The van der Waals surface area contributed by atoms with Crippen molar-refractivity contribution in [2.75, 3.05) is 13.4 Å². The van der Waals surface area contributed by atoms with Crippen LogP contribution in [0.3, 0.4) is 0 Å². The number of carboxylic acids is 1. The Labute approximate surface area is 79.9 Å². The van der Waals surface area contributed by atoms with Crippen molar-refractivity contribution in [1.29, 1.82) is 0 Å². The van der Waals surface area contributed by atoms with Crippen molar-refractivity contribution in [3.8, 4) is 5.88 Å². The second-order valence-electron chi connectivity index (χ2n) is 2.24. The van der Waals surface area contributed by atoms with Gasteiger partial charge < -0.3 is 9.84 Å². The van der Waals surface area contributed by atoms with Crippen molar-refractivity contribution in [2.45, 2.75) is 4.90 Å². The summed E-state index contributed by atoms with van der Waals surface area (Å²) in [6.45, 7) is 0. The zero-order valence-corrected chi connectivity index (χ0v) is 8.09. The molecule has 0 bridgehead atoms. The molecule has 0 spiro atoms. The lowest BCUT2D eigenvalue weighted by Crippen LogP contribution is -1.99. The highest BCUT2D eigenvalue weighted by atomic mass is 32.2. The van der Waals surface area contributed by atoms with E-state index in [9.17, 15) is 4.79 Å². The first-order valence-corrected chi connectivity index (χ1v) is 4.73. The normalized spacial score (nSPS) is 9.69. The number of aromatic nitrogens is 1. The van der Waals surface area contributed by atoms with E-state index in [2.05, 4.69) is 4.98 Å². The monoisotopic (exact) mass is 199 g/mol. The van der Waals surface area contributed by atoms with E-state index in [0.717, 1.165) is 4.90 Å². The quantitative estimate of drug-likeness (QED) is 0.748. The number of carboxylic acid groups (broad SMARTS) is 1. The topological polar surface area (TPSA) is 59.4 Å². The number of thioether (sulfide) groups is 1. The fraction of sp³-hybridized carbons (Fsp3) is 0.250. The first-order valence-electron chi connectivity index (χ1n) is 3.50. The lowest BCUT2D eigenvalue weighted by molar-refractivity contribution is 0.0696. The molecule has 0 amide bonds. The van der Waals surface area contributed by atoms with E-state index in [0.29, 0.717) is 5.88 Å². The summed E-state index contributed by atoms with van der Waals surface area (Å²) in [5, 5.41) is 8.68. The molecule has 0 aromatic carbocycles. The van der Waals surface area contributed by atoms with Gasteiger partial charge in [-0.3, -0.25) is 0 Å². The Balaban J connectivity index is 3.13. The number of rotatable bonds is 3. The third-order valence-electron chi connectivity index (χ3n) is 1.48. The SMILES string of the molecule is COc1ncc(C(=O)O)cc1SC. The van der Waals surface area contributed by atoms with Crippen LogP contribution in [0.5, 0.6) is 5.88 Å². The second-order valence-corrected chi connectivity index (χ2v) is 3.09. The van der Waals surface area contributed by atoms with Gasteiger partial charge in [0.15, 0.2) is 0 Å². The van der Waals surface area contributed by atoms with E-state index < -0.39 is 5.97 Å². The van der Waals surface area contributed by atoms with Gasteiger partial charge in [-0.05, 0) is 12.3 Å². The third kappa shape index (κ3) is 2.12. The molecule has 0 atom stereocenters. The van der Waals surface area contributed by atoms with Crippen molar-refractivity contribution in [1.82, 2.24) is 4.98 Å². The van der Waals surface area contributed by atoms with E-state index in [1.807, 2.05) is 6.26 Å². The highest BCUT2D eigenvalue weighted by Crippen LogP contribution is 2.25. The van der Waals surface area contributed by atoms with Gasteiger partial charge >= 0.3 is 5.97 Å². The molecule has 0 aliphatic carbocycles. The van der Waals surface area contributed by atoms with Crippen LogP contribution in [0.4, 0.5) is 0 Å². The molecule has 70 valence electrons. The summed E-state index contributed by atoms with van der Waals surface area (Å²) in [5.41, 5.74) is 0.171. The van der Waals surface area contributed by atoms with E-state index in [-0.39, 0.29) is 5.56 Å². The molecule has 5 heteroatoms. The fourth-order valence-electron chi connectivity index (χ4n) is 0.849. The molecule has 4 nitrogen and oxygen atoms in total. The molecular weight excluding hydrogens is 190 g/mol. The standard InChI is InChI=1S/C8H9NO3S/c1-12-7-6(13-2)3-5(4-9-7)8(10)11/h3-4H,1-2H3,(H,10,11). The van der Waals surface area contributed by atoms with Crippen molar-refractivity contribution in [3.63, 3.8) is 0 Å². The van der Waals surface area contributed by atoms with Gasteiger partial charge in [0.25, 0.3) is 0 Å². The lowest BCUT2D eigenvalue weighted by atomic mass is 10.3. The molecule has 0 radical (unpaired) electrons. The number of methoxy groups -OCH3 is 1. The van der Waals surface area contributed by atoms with Gasteiger partial charge in [0.05, 0.1) is 17.6 Å². The molecular formula is C8H9NO3S. The van der Waals surface area contributed by atoms with Crippen LogP contribution in [0, 0.1) is 0 Å². The zero-order chi connectivity index (χ0) is 9.84. The van der Waals surface area contributed by atoms with E-state index >= 15 is 0 Å². The largest absolute Gasteiger partial charge is 0.480 e. The van der Waals surface area contributed by atoms with Crippen LogP contribution in [0.2, 0.25) is 0 Å². The third-order valence-corrected chi connectivity index (χ3v) is 2.21. The van der Waals surface area contributed by atoms with Crippen LogP contribution in [0.25, 0.3) is 0 Å². The number of nitrogens with zero attached hydrogens (tertiary/aromatic N) is 1. The van der Waals surface area contributed by atoms with Crippen molar-refractivity contribution in [2.24, 2.45) is 0 Å². The van der Waals surface area contributed by atoms with Gasteiger partial charge in [0.2, 0.25) is 5.88 Å². The maximum atomic E-state index is 10.6. The van der Waals surface area contributed by atoms with Crippen LogP contribution in [0.1, 0.15) is 10.4 Å². The Hall–Kier alpha value is -1.23. The summed E-state index contributed by atoms with van der Waals surface area (Å²) in [6, 6.07) is 1.54. The van der Waals surface area contributed by atoms with Crippen LogP contribution >= 0.6 is 11.8 Å². The maximum Gasteiger partial charge on any atom is 0.337 e. The Bertz CT molecular complexity index is 327. The number of aromatic carboxylic acids is 1. The average molecular weight is 199 g/mol. The molecule has 0 saturated heterocycles. The first-order chi connectivity index (χ1) is 6.19. The van der Waals surface area contributed by atoms with Crippen LogP contribution < -0.4 is 4.74 Å². The first kappa shape index (κ1) is 9.85. The molecule has 0 saturated carbocycles. The zero-order valence-electron chi connectivity index (χ0n) is 7.27. The van der Waals surface area contributed by atoms with Gasteiger partial charge in [-0.25, -0.2) is 9.78 Å². The Morgan fingerprint density at radius 2 is 2.38 bits per heavy atom. The number of hydrogen-bond donors (Lipinski definition) is 1. The van der Waals surface area contributed by atoms with E-state index in [1.165, 1.54) is 25.1 Å². The van der Waals surface area contributed by atoms with Crippen molar-refractivity contribution in [3.05, 3.63) is 17.8 Å². The van der Waals surface area contributed by atoms with Gasteiger partial charge in [-0.1, -0.05) is 0 Å². The minimum absolute atomic E-state index is 0.171. The van der Waals surface area contributed by atoms with Crippen molar-refractivity contribution < 1.29 is 14.6 Å². The van der Waals surface area contributed by atoms with E-state index in [1.54, 1.807) is 6.07 Å².